The molecule has 4 nitrogen and oxygen atoms in total. The van der Waals surface area contributed by atoms with E-state index < -0.39 is 0 Å². The van der Waals surface area contributed by atoms with Crippen LogP contribution in [0.4, 0.5) is 0 Å². The predicted octanol–water partition coefficient (Wildman–Crippen LogP) is 13.6. The van der Waals surface area contributed by atoms with Gasteiger partial charge in [0, 0.05) is 23.4 Å². The van der Waals surface area contributed by atoms with Gasteiger partial charge in [-0.2, -0.15) is 0 Å². The number of carbonyl (C=O) groups excluding carboxylic acids is 1. The van der Waals surface area contributed by atoms with E-state index in [1.807, 2.05) is 27.7 Å². The Morgan fingerprint density at radius 2 is 1.34 bits per heavy atom. The molecule has 0 aliphatic heterocycles. The summed E-state index contributed by atoms with van der Waals surface area (Å²) in [5.74, 6) is 2.32. The fourth-order valence-electron chi connectivity index (χ4n) is 7.00. The summed E-state index contributed by atoms with van der Waals surface area (Å²) in [5.41, 5.74) is 10.4. The summed E-state index contributed by atoms with van der Waals surface area (Å²) in [6.45, 7) is 50.7. The molecule has 5 unspecified atom stereocenters. The highest BCUT2D eigenvalue weighted by atomic mass is 16.1. The van der Waals surface area contributed by atoms with Crippen LogP contribution >= 0.6 is 0 Å². The van der Waals surface area contributed by atoms with E-state index in [-0.39, 0.29) is 17.9 Å². The molecule has 0 bridgehead atoms. The smallest absolute Gasteiger partial charge is 0.223 e. The molecule has 296 valence electrons. The molecule has 0 aromatic carbocycles. The van der Waals surface area contributed by atoms with Gasteiger partial charge in [-0.05, 0) is 92.4 Å². The van der Waals surface area contributed by atoms with Gasteiger partial charge in [0.05, 0.1) is 6.04 Å². The maximum Gasteiger partial charge on any atom is 0.223 e. The summed E-state index contributed by atoms with van der Waals surface area (Å²) in [6, 6.07) is 0.437. The second kappa shape index (κ2) is 27.7. The lowest BCUT2D eigenvalue weighted by molar-refractivity contribution is -0.127. The summed E-state index contributed by atoms with van der Waals surface area (Å²) < 4.78 is 0. The lowest BCUT2D eigenvalue weighted by Crippen LogP contribution is -2.43. The highest BCUT2D eigenvalue weighted by Crippen LogP contribution is 2.44. The van der Waals surface area contributed by atoms with Crippen molar-refractivity contribution in [2.45, 2.75) is 200 Å². The normalized spacial score (nSPS) is 17.3. The van der Waals surface area contributed by atoms with E-state index in [1.165, 1.54) is 56.9 Å². The van der Waals surface area contributed by atoms with Gasteiger partial charge in [-0.25, -0.2) is 0 Å². The minimum Gasteiger partial charge on any atom is -0.399 e. The minimum atomic E-state index is -0.119. The number of rotatable bonds is 18. The Hall–Kier alpha value is -1.97. The maximum absolute atomic E-state index is 12.7. The van der Waals surface area contributed by atoms with Crippen LogP contribution in [0.5, 0.6) is 0 Å². The predicted molar refractivity (Wildman–Crippen MR) is 228 cm³/mol. The van der Waals surface area contributed by atoms with Crippen LogP contribution in [0.2, 0.25) is 0 Å². The first-order valence-corrected chi connectivity index (χ1v) is 20.6. The van der Waals surface area contributed by atoms with Crippen LogP contribution in [0.15, 0.2) is 48.9 Å². The molecular formula is C46H91N3O. The Labute approximate surface area is 315 Å². The van der Waals surface area contributed by atoms with Gasteiger partial charge in [-0.1, -0.05) is 161 Å². The largest absolute Gasteiger partial charge is 0.399 e. The van der Waals surface area contributed by atoms with Crippen LogP contribution < -0.4 is 16.4 Å². The monoisotopic (exact) mass is 702 g/mol. The zero-order chi connectivity index (χ0) is 39.8. The number of carbonyl (C=O) groups is 1. The topological polar surface area (TPSA) is 67.2 Å². The molecule has 6 atom stereocenters. The second-order valence-electron chi connectivity index (χ2n) is 17.3. The third kappa shape index (κ3) is 22.8. The lowest BCUT2D eigenvalue weighted by Gasteiger charge is -2.39. The van der Waals surface area contributed by atoms with E-state index in [1.54, 1.807) is 0 Å². The van der Waals surface area contributed by atoms with Crippen molar-refractivity contribution >= 4 is 5.91 Å². The summed E-state index contributed by atoms with van der Waals surface area (Å²) >= 11 is 0. The average molecular weight is 702 g/mol. The molecule has 1 fully saturated rings. The molecule has 0 heterocycles. The lowest BCUT2D eigenvalue weighted by atomic mass is 9.66. The van der Waals surface area contributed by atoms with Crippen LogP contribution in [0.3, 0.4) is 0 Å². The Kier molecular flexibility index (Phi) is 29.0. The molecule has 4 heteroatoms. The summed E-state index contributed by atoms with van der Waals surface area (Å²) in [5, 5.41) is 6.60. The van der Waals surface area contributed by atoms with Crippen LogP contribution in [-0.4, -0.2) is 18.0 Å². The molecule has 0 aromatic rings. The highest BCUT2D eigenvalue weighted by molar-refractivity contribution is 5.79. The Bertz CT molecular complexity index is 949. The first-order valence-electron chi connectivity index (χ1n) is 20.6. The van der Waals surface area contributed by atoms with Gasteiger partial charge < -0.3 is 16.4 Å². The van der Waals surface area contributed by atoms with Crippen molar-refractivity contribution in [2.75, 3.05) is 0 Å². The first-order chi connectivity index (χ1) is 23.1. The number of amides is 1. The van der Waals surface area contributed by atoms with Crippen LogP contribution in [-0.2, 0) is 4.79 Å². The van der Waals surface area contributed by atoms with Crippen molar-refractivity contribution in [1.82, 2.24) is 10.6 Å². The van der Waals surface area contributed by atoms with Crippen molar-refractivity contribution in [3.05, 3.63) is 48.9 Å². The molecule has 1 aliphatic carbocycles. The number of hydrogen-bond donors (Lipinski definition) is 3. The molecule has 0 spiro atoms. The summed E-state index contributed by atoms with van der Waals surface area (Å²) in [7, 11) is 0. The summed E-state index contributed by atoms with van der Waals surface area (Å²) in [6.07, 6.45) is 15.0. The molecule has 50 heavy (non-hydrogen) atoms. The molecule has 1 amide bonds. The maximum atomic E-state index is 12.7. The Balaban J connectivity index is -0.000000694. The van der Waals surface area contributed by atoms with E-state index in [2.05, 4.69) is 120 Å². The fourth-order valence-corrected chi connectivity index (χ4v) is 7.00. The fraction of sp³-hybridized carbons (Fsp3) is 0.804. The minimum absolute atomic E-state index is 0.00628. The molecular weight excluding hydrogens is 611 g/mol. The Morgan fingerprint density at radius 1 is 0.840 bits per heavy atom. The van der Waals surface area contributed by atoms with Crippen molar-refractivity contribution < 1.29 is 4.79 Å². The number of allylic oxidation sites excluding steroid dienone is 2. The molecule has 0 saturated heterocycles. The number of nitrogens with two attached hydrogens (primary N) is 1. The molecule has 1 aliphatic rings. The zero-order valence-electron chi connectivity index (χ0n) is 36.8. The van der Waals surface area contributed by atoms with Gasteiger partial charge in [0.1, 0.15) is 0 Å². The molecule has 0 aromatic heterocycles. The van der Waals surface area contributed by atoms with E-state index in [0.29, 0.717) is 40.3 Å². The van der Waals surface area contributed by atoms with Crippen molar-refractivity contribution in [3.8, 4) is 0 Å². The van der Waals surface area contributed by atoms with Gasteiger partial charge in [0.2, 0.25) is 5.91 Å². The molecule has 1 saturated carbocycles. The quantitative estimate of drug-likeness (QED) is 0.0984. The van der Waals surface area contributed by atoms with Crippen molar-refractivity contribution in [2.24, 2.45) is 46.2 Å². The molecule has 1 rings (SSSR count). The zero-order valence-corrected chi connectivity index (χ0v) is 36.8. The van der Waals surface area contributed by atoms with Crippen molar-refractivity contribution in [1.29, 1.82) is 0 Å². The third-order valence-electron chi connectivity index (χ3n) is 10.9. The summed E-state index contributed by atoms with van der Waals surface area (Å²) in [4.78, 5) is 12.7. The van der Waals surface area contributed by atoms with Gasteiger partial charge in [-0.15, -0.1) is 6.58 Å². The second-order valence-corrected chi connectivity index (χ2v) is 17.3. The van der Waals surface area contributed by atoms with Gasteiger partial charge in [0.15, 0.2) is 0 Å². The van der Waals surface area contributed by atoms with E-state index >= 15 is 0 Å². The van der Waals surface area contributed by atoms with Crippen LogP contribution in [0, 0.1) is 40.4 Å². The Morgan fingerprint density at radius 3 is 1.70 bits per heavy atom. The highest BCUT2D eigenvalue weighted by Gasteiger charge is 2.32. The van der Waals surface area contributed by atoms with Gasteiger partial charge >= 0.3 is 0 Å². The van der Waals surface area contributed by atoms with Crippen LogP contribution in [0.25, 0.3) is 0 Å². The number of nitrogens with one attached hydrogen (secondary N) is 2. The van der Waals surface area contributed by atoms with E-state index in [9.17, 15) is 4.79 Å². The average Bonchev–Trinajstić information content (AvgIpc) is 3.03. The van der Waals surface area contributed by atoms with Crippen LogP contribution in [0.1, 0.15) is 188 Å². The molecule has 0 radical (unpaired) electrons. The van der Waals surface area contributed by atoms with E-state index in [0.717, 1.165) is 42.9 Å². The van der Waals surface area contributed by atoms with Gasteiger partial charge in [0.25, 0.3) is 0 Å². The first kappa shape index (κ1) is 52.4. The van der Waals surface area contributed by atoms with Gasteiger partial charge in [-0.3, -0.25) is 4.79 Å². The van der Waals surface area contributed by atoms with Crippen molar-refractivity contribution in [3.63, 3.8) is 0 Å². The SMILES string of the molecule is C=C(C)CC(C)C1(C)CCCCC1.C=C(C)NC(CCC)C(C)(C)C.C=C(N)C(=C)C(CC(C)CC)NC(=O)C(C)[C@H](CCC)C(C)C.CC. The number of hydrogen-bond acceptors (Lipinski definition) is 3. The molecule has 4 N–H and O–H groups in total. The standard InChI is InChI=1S/C20H38N2O.C13H24.C11H23N.C2H6/c1-9-11-18(13(3)4)16(7)20(23)22-19(12-14(5)10-2)15(6)17(8)21;1-11(2)10-12(3)13(4)8-6-5-7-9-13;1-7-8-10(11(4,5)6)12-9(2)3;1-2/h13-14,16,18-19H,6,8-12,21H2,1-5,7H3,(H,22,23);12H,1,5-10H2,2-4H3;10,12H,2,7-8H2,1,3-6H3;1-2H3/t14?,16?,18-,19?;;;/m1.../s1. The van der Waals surface area contributed by atoms with E-state index in [4.69, 9.17) is 5.73 Å². The third-order valence-corrected chi connectivity index (χ3v) is 10.9.